The van der Waals surface area contributed by atoms with Gasteiger partial charge < -0.3 is 10.2 Å². The van der Waals surface area contributed by atoms with Gasteiger partial charge >= 0.3 is 0 Å². The van der Waals surface area contributed by atoms with Crippen LogP contribution < -0.4 is 9.62 Å². The Labute approximate surface area is 279 Å². The van der Waals surface area contributed by atoms with Gasteiger partial charge in [0.25, 0.3) is 10.0 Å². The molecule has 0 saturated carbocycles. The van der Waals surface area contributed by atoms with Crippen LogP contribution in [0.2, 0.25) is 5.02 Å². The number of hydrogen-bond donors (Lipinski definition) is 1. The molecule has 10 heteroatoms. The van der Waals surface area contributed by atoms with Crippen LogP contribution in [0.3, 0.4) is 0 Å². The van der Waals surface area contributed by atoms with Gasteiger partial charge in [0.2, 0.25) is 11.8 Å². The maximum absolute atomic E-state index is 14.6. The largest absolute Gasteiger partial charge is 0.352 e. The minimum absolute atomic E-state index is 0.0334. The maximum Gasteiger partial charge on any atom is 0.264 e. The third-order valence-corrected chi connectivity index (χ3v) is 10.3. The molecule has 4 rings (SSSR count). The van der Waals surface area contributed by atoms with Crippen molar-refractivity contribution in [2.24, 2.45) is 0 Å². The number of sulfonamides is 1. The van der Waals surface area contributed by atoms with Crippen molar-refractivity contribution in [2.75, 3.05) is 10.8 Å². The number of anilines is 1. The Hall–Kier alpha value is -3.66. The van der Waals surface area contributed by atoms with Gasteiger partial charge in [-0.15, -0.1) is 0 Å². The minimum Gasteiger partial charge on any atom is -0.352 e. The summed E-state index contributed by atoms with van der Waals surface area (Å²) in [6.07, 6.45) is 0.949. The molecule has 0 aromatic heterocycles. The molecule has 45 heavy (non-hydrogen) atoms. The number of nitrogens with zero attached hydrogens (tertiary/aromatic N) is 2. The van der Waals surface area contributed by atoms with E-state index in [1.165, 1.54) is 17.0 Å². The standard InChI is InChI=1S/C35H37BrClN3O4S/c1-4-25(2)38-35(42)33(22-27-13-7-5-8-14-27)39(23-28-15-11-16-29(36)21-28)34(41)24-40(32-20-12-19-31(37)26(32)3)45(43,44)30-17-9-6-10-18-30/h5-21,25,33H,4,22-24H2,1-3H3,(H,38,42)/t25-,33-/m1/s1. The lowest BCUT2D eigenvalue weighted by Crippen LogP contribution is -2.54. The molecule has 0 bridgehead atoms. The maximum atomic E-state index is 14.6. The molecule has 0 radical (unpaired) electrons. The zero-order chi connectivity index (χ0) is 32.6. The fourth-order valence-electron chi connectivity index (χ4n) is 4.93. The topological polar surface area (TPSA) is 86.8 Å². The molecule has 0 unspecified atom stereocenters. The van der Waals surface area contributed by atoms with E-state index in [-0.39, 0.29) is 35.5 Å². The normalized spacial score (nSPS) is 12.6. The summed E-state index contributed by atoms with van der Waals surface area (Å²) in [4.78, 5) is 30.0. The van der Waals surface area contributed by atoms with E-state index in [1.54, 1.807) is 43.3 Å². The molecule has 0 saturated heterocycles. The summed E-state index contributed by atoms with van der Waals surface area (Å²) in [6.45, 7) is 5.13. The van der Waals surface area contributed by atoms with Crippen LogP contribution in [0.4, 0.5) is 5.69 Å². The number of nitrogens with one attached hydrogen (secondary N) is 1. The predicted molar refractivity (Wildman–Crippen MR) is 184 cm³/mol. The highest BCUT2D eigenvalue weighted by atomic mass is 79.9. The summed E-state index contributed by atoms with van der Waals surface area (Å²) in [6, 6.07) is 28.8. The Morgan fingerprint density at radius 1 is 0.889 bits per heavy atom. The predicted octanol–water partition coefficient (Wildman–Crippen LogP) is 7.16. The van der Waals surface area contributed by atoms with Crippen LogP contribution in [-0.4, -0.2) is 43.8 Å². The van der Waals surface area contributed by atoms with Crippen LogP contribution in [-0.2, 0) is 32.6 Å². The van der Waals surface area contributed by atoms with Crippen molar-refractivity contribution in [1.29, 1.82) is 0 Å². The van der Waals surface area contributed by atoms with Crippen LogP contribution in [0.15, 0.2) is 112 Å². The molecule has 1 N–H and O–H groups in total. The molecule has 0 spiro atoms. The van der Waals surface area contributed by atoms with E-state index < -0.39 is 28.5 Å². The summed E-state index contributed by atoms with van der Waals surface area (Å²) in [5.41, 5.74) is 2.45. The first-order valence-electron chi connectivity index (χ1n) is 14.7. The number of carbonyl (C=O) groups excluding carboxylic acids is 2. The van der Waals surface area contributed by atoms with Crippen molar-refractivity contribution < 1.29 is 18.0 Å². The highest BCUT2D eigenvalue weighted by Gasteiger charge is 2.35. The third-order valence-electron chi connectivity index (χ3n) is 7.63. The van der Waals surface area contributed by atoms with E-state index >= 15 is 0 Å². The van der Waals surface area contributed by atoms with Crippen molar-refractivity contribution in [1.82, 2.24) is 10.2 Å². The SMILES string of the molecule is CC[C@@H](C)NC(=O)[C@@H](Cc1ccccc1)N(Cc1cccc(Br)c1)C(=O)CN(c1cccc(Cl)c1C)S(=O)(=O)c1ccccc1. The van der Waals surface area contributed by atoms with Gasteiger partial charge in [-0.1, -0.05) is 101 Å². The van der Waals surface area contributed by atoms with Crippen molar-refractivity contribution in [3.8, 4) is 0 Å². The lowest BCUT2D eigenvalue weighted by atomic mass is 10.0. The van der Waals surface area contributed by atoms with E-state index in [9.17, 15) is 18.0 Å². The molecule has 2 atom stereocenters. The highest BCUT2D eigenvalue weighted by molar-refractivity contribution is 9.10. The average molecular weight is 711 g/mol. The number of benzene rings is 4. The highest BCUT2D eigenvalue weighted by Crippen LogP contribution is 2.31. The molecule has 7 nitrogen and oxygen atoms in total. The monoisotopic (exact) mass is 709 g/mol. The molecular formula is C35H37BrClN3O4S. The van der Waals surface area contributed by atoms with Gasteiger partial charge in [0.1, 0.15) is 12.6 Å². The average Bonchev–Trinajstić information content (AvgIpc) is 3.03. The van der Waals surface area contributed by atoms with Crippen LogP contribution in [0, 0.1) is 6.92 Å². The van der Waals surface area contributed by atoms with Gasteiger partial charge in [-0.25, -0.2) is 8.42 Å². The van der Waals surface area contributed by atoms with Gasteiger partial charge in [0.05, 0.1) is 10.6 Å². The Kier molecular flexibility index (Phi) is 11.8. The number of amides is 2. The smallest absolute Gasteiger partial charge is 0.264 e. The summed E-state index contributed by atoms with van der Waals surface area (Å²) >= 11 is 9.95. The Morgan fingerprint density at radius 2 is 1.51 bits per heavy atom. The van der Waals surface area contributed by atoms with Crippen LogP contribution >= 0.6 is 27.5 Å². The number of halogens is 2. The third kappa shape index (κ3) is 8.75. The lowest BCUT2D eigenvalue weighted by Gasteiger charge is -2.34. The van der Waals surface area contributed by atoms with Crippen LogP contribution in [0.5, 0.6) is 0 Å². The van der Waals surface area contributed by atoms with Crippen molar-refractivity contribution in [2.45, 2.75) is 57.1 Å². The zero-order valence-corrected chi connectivity index (χ0v) is 28.6. The molecule has 0 heterocycles. The molecule has 0 fully saturated rings. The molecule has 0 aliphatic rings. The summed E-state index contributed by atoms with van der Waals surface area (Å²) in [7, 11) is -4.21. The van der Waals surface area contributed by atoms with Gasteiger partial charge in [0.15, 0.2) is 0 Å². The van der Waals surface area contributed by atoms with Crippen molar-refractivity contribution in [3.63, 3.8) is 0 Å². The van der Waals surface area contributed by atoms with Gasteiger partial charge in [0, 0.05) is 28.5 Å². The van der Waals surface area contributed by atoms with E-state index in [4.69, 9.17) is 11.6 Å². The van der Waals surface area contributed by atoms with Crippen LogP contribution in [0.1, 0.15) is 37.0 Å². The first-order valence-corrected chi connectivity index (χ1v) is 17.3. The van der Waals surface area contributed by atoms with Gasteiger partial charge in [-0.05, 0) is 73.4 Å². The second kappa shape index (κ2) is 15.6. The second-order valence-electron chi connectivity index (χ2n) is 10.9. The van der Waals surface area contributed by atoms with E-state index in [2.05, 4.69) is 21.2 Å². The zero-order valence-electron chi connectivity index (χ0n) is 25.5. The van der Waals surface area contributed by atoms with E-state index in [0.29, 0.717) is 17.0 Å². The minimum atomic E-state index is -4.21. The van der Waals surface area contributed by atoms with Crippen molar-refractivity contribution in [3.05, 3.63) is 129 Å². The van der Waals surface area contributed by atoms with E-state index in [0.717, 1.165) is 19.9 Å². The Balaban J connectivity index is 1.83. The number of hydrogen-bond acceptors (Lipinski definition) is 4. The van der Waals surface area contributed by atoms with Gasteiger partial charge in [-0.3, -0.25) is 13.9 Å². The van der Waals surface area contributed by atoms with Crippen LogP contribution in [0.25, 0.3) is 0 Å². The fourth-order valence-corrected chi connectivity index (χ4v) is 7.04. The number of rotatable bonds is 13. The van der Waals surface area contributed by atoms with Gasteiger partial charge in [-0.2, -0.15) is 0 Å². The number of carbonyl (C=O) groups is 2. The van der Waals surface area contributed by atoms with E-state index in [1.807, 2.05) is 68.4 Å². The second-order valence-corrected chi connectivity index (χ2v) is 14.1. The molecule has 236 valence electrons. The van der Waals surface area contributed by atoms with Crippen molar-refractivity contribution >= 4 is 55.1 Å². The molecule has 4 aromatic carbocycles. The summed E-state index contributed by atoms with van der Waals surface area (Å²) in [5.74, 6) is -0.845. The molecule has 4 aromatic rings. The fraction of sp³-hybridized carbons (Fsp3) is 0.257. The first kappa shape index (κ1) is 34.2. The summed E-state index contributed by atoms with van der Waals surface area (Å²) < 4.78 is 30.2. The Bertz CT molecular complexity index is 1720. The molecular weight excluding hydrogens is 674 g/mol. The Morgan fingerprint density at radius 3 is 2.16 bits per heavy atom. The molecule has 0 aliphatic carbocycles. The lowest BCUT2D eigenvalue weighted by molar-refractivity contribution is -0.140. The quantitative estimate of drug-likeness (QED) is 0.160. The molecule has 0 aliphatic heterocycles. The molecule has 2 amide bonds. The first-order chi connectivity index (χ1) is 21.5. The summed E-state index contributed by atoms with van der Waals surface area (Å²) in [5, 5.41) is 3.42.